The maximum absolute atomic E-state index is 13.1. The van der Waals surface area contributed by atoms with E-state index in [0.717, 1.165) is 31.4 Å². The van der Waals surface area contributed by atoms with Crippen molar-refractivity contribution in [3.8, 4) is 0 Å². The number of carbonyl (C=O) groups is 1. The van der Waals surface area contributed by atoms with Gasteiger partial charge in [0.15, 0.2) is 0 Å². The highest BCUT2D eigenvalue weighted by molar-refractivity contribution is 5.94. The first-order valence-electron chi connectivity index (χ1n) is 9.61. The SMILES string of the molecule is CCCC[C@@H]1C[C@H](c2ccccc2)CCN1C(=O)c1ccc(C)cc1. The zero-order valence-corrected chi connectivity index (χ0v) is 15.4. The zero-order chi connectivity index (χ0) is 17.6. The number of carbonyl (C=O) groups excluding carboxylic acids is 1. The highest BCUT2D eigenvalue weighted by Gasteiger charge is 2.32. The van der Waals surface area contributed by atoms with Gasteiger partial charge in [0, 0.05) is 18.2 Å². The van der Waals surface area contributed by atoms with Gasteiger partial charge in [0.2, 0.25) is 0 Å². The second-order valence-electron chi connectivity index (χ2n) is 7.29. The summed E-state index contributed by atoms with van der Waals surface area (Å²) in [4.78, 5) is 15.2. The minimum atomic E-state index is 0.201. The third kappa shape index (κ3) is 4.31. The Morgan fingerprint density at radius 3 is 2.48 bits per heavy atom. The molecule has 2 nitrogen and oxygen atoms in total. The molecule has 0 aliphatic carbocycles. The normalized spacial score (nSPS) is 20.5. The largest absolute Gasteiger partial charge is 0.336 e. The first-order valence-corrected chi connectivity index (χ1v) is 9.61. The fraction of sp³-hybridized carbons (Fsp3) is 0.435. The third-order valence-corrected chi connectivity index (χ3v) is 5.44. The summed E-state index contributed by atoms with van der Waals surface area (Å²) in [6, 6.07) is 19.2. The van der Waals surface area contributed by atoms with Crippen LogP contribution >= 0.6 is 0 Å². The van der Waals surface area contributed by atoms with Crippen LogP contribution in [0, 0.1) is 6.92 Å². The lowest BCUT2D eigenvalue weighted by Crippen LogP contribution is -2.45. The molecule has 0 spiro atoms. The van der Waals surface area contributed by atoms with Crippen molar-refractivity contribution in [2.24, 2.45) is 0 Å². The molecular weight excluding hydrogens is 306 g/mol. The van der Waals surface area contributed by atoms with Crippen LogP contribution in [0.4, 0.5) is 0 Å². The molecule has 1 heterocycles. The van der Waals surface area contributed by atoms with E-state index in [1.807, 2.05) is 24.3 Å². The molecule has 0 N–H and O–H groups in total. The fourth-order valence-corrected chi connectivity index (χ4v) is 3.92. The van der Waals surface area contributed by atoms with Crippen LogP contribution in [0.5, 0.6) is 0 Å². The van der Waals surface area contributed by atoms with Crippen LogP contribution in [0.15, 0.2) is 54.6 Å². The molecule has 1 amide bonds. The summed E-state index contributed by atoms with van der Waals surface area (Å²) in [5.74, 6) is 0.776. The van der Waals surface area contributed by atoms with E-state index in [1.54, 1.807) is 0 Å². The van der Waals surface area contributed by atoms with Gasteiger partial charge in [-0.25, -0.2) is 0 Å². The van der Waals surface area contributed by atoms with Gasteiger partial charge >= 0.3 is 0 Å². The van der Waals surface area contributed by atoms with E-state index in [4.69, 9.17) is 0 Å². The van der Waals surface area contributed by atoms with E-state index in [-0.39, 0.29) is 5.91 Å². The number of hydrogen-bond acceptors (Lipinski definition) is 1. The molecule has 0 saturated carbocycles. The van der Waals surface area contributed by atoms with Crippen LogP contribution in [0.1, 0.15) is 66.4 Å². The molecule has 0 aromatic heterocycles. The lowest BCUT2D eigenvalue weighted by atomic mass is 9.83. The fourth-order valence-electron chi connectivity index (χ4n) is 3.92. The van der Waals surface area contributed by atoms with E-state index >= 15 is 0 Å². The topological polar surface area (TPSA) is 20.3 Å². The molecule has 2 aromatic rings. The molecule has 1 saturated heterocycles. The average molecular weight is 335 g/mol. The Balaban J connectivity index is 1.76. The average Bonchev–Trinajstić information content (AvgIpc) is 2.67. The minimum Gasteiger partial charge on any atom is -0.336 e. The van der Waals surface area contributed by atoms with Gasteiger partial charge in [0.05, 0.1) is 0 Å². The lowest BCUT2D eigenvalue weighted by molar-refractivity contribution is 0.0575. The predicted octanol–water partition coefficient (Wildman–Crippen LogP) is 5.57. The van der Waals surface area contributed by atoms with Crippen LogP contribution in [0.25, 0.3) is 0 Å². The summed E-state index contributed by atoms with van der Waals surface area (Å²) in [5, 5.41) is 0. The van der Waals surface area contributed by atoms with Crippen LogP contribution < -0.4 is 0 Å². The Hall–Kier alpha value is -2.09. The summed E-state index contributed by atoms with van der Waals surface area (Å²) in [5.41, 5.74) is 3.44. The Morgan fingerprint density at radius 2 is 1.80 bits per heavy atom. The summed E-state index contributed by atoms with van der Waals surface area (Å²) in [7, 11) is 0. The Labute approximate surface area is 151 Å². The number of hydrogen-bond donors (Lipinski definition) is 0. The lowest BCUT2D eigenvalue weighted by Gasteiger charge is -2.40. The molecule has 1 fully saturated rings. The van der Waals surface area contributed by atoms with Gasteiger partial charge < -0.3 is 4.90 Å². The van der Waals surface area contributed by atoms with Gasteiger partial charge in [0.1, 0.15) is 0 Å². The van der Waals surface area contributed by atoms with Crippen LogP contribution in [0.3, 0.4) is 0 Å². The number of rotatable bonds is 5. The number of unbranched alkanes of at least 4 members (excludes halogenated alkanes) is 1. The minimum absolute atomic E-state index is 0.201. The molecule has 3 rings (SSSR count). The highest BCUT2D eigenvalue weighted by atomic mass is 16.2. The van der Waals surface area contributed by atoms with E-state index in [1.165, 1.54) is 24.0 Å². The van der Waals surface area contributed by atoms with Crippen molar-refractivity contribution in [2.75, 3.05) is 6.54 Å². The zero-order valence-electron chi connectivity index (χ0n) is 15.4. The Kier molecular flexibility index (Phi) is 5.91. The van der Waals surface area contributed by atoms with Crippen LogP contribution in [-0.4, -0.2) is 23.4 Å². The van der Waals surface area contributed by atoms with Gasteiger partial charge in [-0.15, -0.1) is 0 Å². The number of benzene rings is 2. The van der Waals surface area contributed by atoms with Gasteiger partial charge in [-0.3, -0.25) is 4.79 Å². The second-order valence-corrected chi connectivity index (χ2v) is 7.29. The van der Waals surface area contributed by atoms with Crippen molar-refractivity contribution in [1.29, 1.82) is 0 Å². The van der Waals surface area contributed by atoms with Gasteiger partial charge in [-0.2, -0.15) is 0 Å². The molecular formula is C23H29NO. The molecule has 1 aliphatic rings. The number of amides is 1. The van der Waals surface area contributed by atoms with Crippen LogP contribution in [0.2, 0.25) is 0 Å². The number of likely N-dealkylation sites (tertiary alicyclic amines) is 1. The molecule has 1 aliphatic heterocycles. The van der Waals surface area contributed by atoms with Gasteiger partial charge in [0.25, 0.3) is 5.91 Å². The molecule has 0 bridgehead atoms. The van der Waals surface area contributed by atoms with Crippen LogP contribution in [-0.2, 0) is 0 Å². The quantitative estimate of drug-likeness (QED) is 0.699. The van der Waals surface area contributed by atoms with Crippen molar-refractivity contribution in [1.82, 2.24) is 4.90 Å². The Morgan fingerprint density at radius 1 is 1.08 bits per heavy atom. The van der Waals surface area contributed by atoms with Gasteiger partial charge in [-0.05, 0) is 49.8 Å². The standard InChI is InChI=1S/C23H29NO/c1-3-4-10-22-17-21(19-8-6-5-7-9-19)15-16-24(22)23(25)20-13-11-18(2)12-14-20/h5-9,11-14,21-22H,3-4,10,15-17H2,1-2H3/t21-,22-/m1/s1. The molecule has 132 valence electrons. The molecule has 2 aromatic carbocycles. The van der Waals surface area contributed by atoms with E-state index < -0.39 is 0 Å². The molecule has 2 atom stereocenters. The molecule has 0 unspecified atom stereocenters. The predicted molar refractivity (Wildman–Crippen MR) is 104 cm³/mol. The van der Waals surface area contributed by atoms with E-state index in [9.17, 15) is 4.79 Å². The summed E-state index contributed by atoms with van der Waals surface area (Å²) >= 11 is 0. The first kappa shape index (κ1) is 17.7. The maximum Gasteiger partial charge on any atom is 0.254 e. The maximum atomic E-state index is 13.1. The summed E-state index contributed by atoms with van der Waals surface area (Å²) in [6.07, 6.45) is 5.62. The smallest absolute Gasteiger partial charge is 0.254 e. The number of aryl methyl sites for hydroxylation is 1. The first-order chi connectivity index (χ1) is 12.2. The van der Waals surface area contributed by atoms with Crippen molar-refractivity contribution in [2.45, 2.75) is 57.9 Å². The number of piperidine rings is 1. The molecule has 25 heavy (non-hydrogen) atoms. The molecule has 0 radical (unpaired) electrons. The number of nitrogens with zero attached hydrogens (tertiary/aromatic N) is 1. The van der Waals surface area contributed by atoms with E-state index in [0.29, 0.717) is 12.0 Å². The summed E-state index contributed by atoms with van der Waals surface area (Å²) < 4.78 is 0. The van der Waals surface area contributed by atoms with Crippen molar-refractivity contribution in [3.63, 3.8) is 0 Å². The molecule has 2 heteroatoms. The Bertz CT molecular complexity index is 677. The second kappa shape index (κ2) is 8.33. The van der Waals surface area contributed by atoms with Crippen molar-refractivity contribution < 1.29 is 4.79 Å². The van der Waals surface area contributed by atoms with E-state index in [2.05, 4.69) is 49.1 Å². The van der Waals surface area contributed by atoms with Crippen molar-refractivity contribution >= 4 is 5.91 Å². The summed E-state index contributed by atoms with van der Waals surface area (Å²) in [6.45, 7) is 5.15. The van der Waals surface area contributed by atoms with Gasteiger partial charge in [-0.1, -0.05) is 67.8 Å². The monoisotopic (exact) mass is 335 g/mol. The highest BCUT2D eigenvalue weighted by Crippen LogP contribution is 2.34. The third-order valence-electron chi connectivity index (χ3n) is 5.44. The van der Waals surface area contributed by atoms with Crippen molar-refractivity contribution in [3.05, 3.63) is 71.3 Å².